The number of carbonyl (C=O) groups is 2. The van der Waals surface area contributed by atoms with Crippen LogP contribution in [0.15, 0.2) is 24.3 Å². The molecule has 0 radical (unpaired) electrons. The minimum atomic E-state index is -1.02. The van der Waals surface area contributed by atoms with Gasteiger partial charge in [-0.1, -0.05) is 27.7 Å². The fraction of sp³-hybridized carbons (Fsp3) is 0.353. The van der Waals surface area contributed by atoms with E-state index in [1.807, 2.05) is 27.7 Å². The summed E-state index contributed by atoms with van der Waals surface area (Å²) in [5.74, 6) is -1.22. The summed E-state index contributed by atoms with van der Waals surface area (Å²) in [6.07, 6.45) is 0. The van der Waals surface area contributed by atoms with E-state index in [-0.39, 0.29) is 23.2 Å². The molecular formula is C17H20N4O3. The van der Waals surface area contributed by atoms with Crippen molar-refractivity contribution in [2.75, 3.05) is 5.32 Å². The number of rotatable bonds is 5. The predicted molar refractivity (Wildman–Crippen MR) is 89.4 cm³/mol. The summed E-state index contributed by atoms with van der Waals surface area (Å²) in [6.45, 7) is 7.98. The standard InChI is InChI=1S/C17H20N4O3/c1-9(2)13-14(10(3)4)20-21-15(19-13)16(22)18-12-7-5-11(6-8-12)17(23)24/h5-10H,1-4H3,(H,18,22)(H,23,24). The third kappa shape index (κ3) is 3.92. The molecule has 1 aromatic heterocycles. The van der Waals surface area contributed by atoms with E-state index < -0.39 is 11.9 Å². The second-order valence-corrected chi connectivity index (χ2v) is 6.05. The fourth-order valence-electron chi connectivity index (χ4n) is 2.16. The fourth-order valence-corrected chi connectivity index (χ4v) is 2.16. The van der Waals surface area contributed by atoms with Crippen molar-refractivity contribution in [1.29, 1.82) is 0 Å². The summed E-state index contributed by atoms with van der Waals surface area (Å²) in [6, 6.07) is 5.86. The van der Waals surface area contributed by atoms with Gasteiger partial charge in [0.15, 0.2) is 0 Å². The number of aromatic carboxylic acids is 1. The van der Waals surface area contributed by atoms with Crippen LogP contribution in [0, 0.1) is 0 Å². The average Bonchev–Trinajstić information content (AvgIpc) is 2.54. The highest BCUT2D eigenvalue weighted by Gasteiger charge is 2.19. The van der Waals surface area contributed by atoms with Crippen LogP contribution < -0.4 is 5.32 Å². The zero-order valence-electron chi connectivity index (χ0n) is 14.1. The minimum absolute atomic E-state index is 0.00888. The summed E-state index contributed by atoms with van der Waals surface area (Å²) in [7, 11) is 0. The Morgan fingerprint density at radius 2 is 1.54 bits per heavy atom. The topological polar surface area (TPSA) is 105 Å². The zero-order valence-corrected chi connectivity index (χ0v) is 14.1. The number of hydrogen-bond acceptors (Lipinski definition) is 5. The lowest BCUT2D eigenvalue weighted by molar-refractivity contribution is 0.0696. The molecule has 2 N–H and O–H groups in total. The van der Waals surface area contributed by atoms with E-state index >= 15 is 0 Å². The molecule has 1 heterocycles. The van der Waals surface area contributed by atoms with Gasteiger partial charge in [0.25, 0.3) is 5.91 Å². The molecule has 0 aliphatic carbocycles. The Morgan fingerprint density at radius 3 is 2.04 bits per heavy atom. The summed E-state index contributed by atoms with van der Waals surface area (Å²) >= 11 is 0. The van der Waals surface area contributed by atoms with E-state index in [2.05, 4.69) is 20.5 Å². The van der Waals surface area contributed by atoms with Gasteiger partial charge in [0.05, 0.1) is 17.0 Å². The number of carboxylic acids is 1. The first-order valence-corrected chi connectivity index (χ1v) is 7.68. The van der Waals surface area contributed by atoms with Gasteiger partial charge in [0.1, 0.15) is 0 Å². The molecule has 0 aliphatic heterocycles. The van der Waals surface area contributed by atoms with Gasteiger partial charge in [-0.15, -0.1) is 5.10 Å². The molecule has 2 rings (SSSR count). The first-order valence-electron chi connectivity index (χ1n) is 7.68. The average molecular weight is 328 g/mol. The van der Waals surface area contributed by atoms with Crippen LogP contribution in [-0.4, -0.2) is 32.2 Å². The maximum atomic E-state index is 12.3. The molecule has 0 spiro atoms. The number of amides is 1. The largest absolute Gasteiger partial charge is 0.478 e. The zero-order chi connectivity index (χ0) is 17.9. The number of carbonyl (C=O) groups excluding carboxylic acids is 1. The lowest BCUT2D eigenvalue weighted by Gasteiger charge is -2.13. The van der Waals surface area contributed by atoms with Gasteiger partial charge >= 0.3 is 5.97 Å². The second-order valence-electron chi connectivity index (χ2n) is 6.05. The number of nitrogens with zero attached hydrogens (tertiary/aromatic N) is 3. The molecular weight excluding hydrogens is 308 g/mol. The van der Waals surface area contributed by atoms with E-state index in [1.54, 1.807) is 0 Å². The number of hydrogen-bond donors (Lipinski definition) is 2. The Balaban J connectivity index is 2.23. The van der Waals surface area contributed by atoms with Gasteiger partial charge in [-0.3, -0.25) is 4.79 Å². The Bertz CT molecular complexity index is 755. The summed E-state index contributed by atoms with van der Waals surface area (Å²) in [5.41, 5.74) is 2.15. The third-order valence-electron chi connectivity index (χ3n) is 3.43. The first kappa shape index (κ1) is 17.5. The number of anilines is 1. The molecule has 1 amide bonds. The summed E-state index contributed by atoms with van der Waals surface area (Å²) < 4.78 is 0. The minimum Gasteiger partial charge on any atom is -0.478 e. The van der Waals surface area contributed by atoms with Crippen LogP contribution in [0.25, 0.3) is 0 Å². The molecule has 7 heteroatoms. The number of carboxylic acid groups (broad SMARTS) is 1. The maximum Gasteiger partial charge on any atom is 0.335 e. The van der Waals surface area contributed by atoms with E-state index in [0.29, 0.717) is 5.69 Å². The normalized spacial score (nSPS) is 10.9. The molecule has 0 atom stereocenters. The van der Waals surface area contributed by atoms with E-state index in [4.69, 9.17) is 5.11 Å². The van der Waals surface area contributed by atoms with E-state index in [9.17, 15) is 9.59 Å². The molecule has 0 aliphatic rings. The monoisotopic (exact) mass is 328 g/mol. The predicted octanol–water partition coefficient (Wildman–Crippen LogP) is 3.07. The summed E-state index contributed by atoms with van der Waals surface area (Å²) in [5, 5.41) is 19.6. The highest BCUT2D eigenvalue weighted by Crippen LogP contribution is 2.21. The Labute approximate surface area is 140 Å². The van der Waals surface area contributed by atoms with Crippen LogP contribution in [-0.2, 0) is 0 Å². The van der Waals surface area contributed by atoms with Crippen molar-refractivity contribution in [2.24, 2.45) is 0 Å². The van der Waals surface area contributed by atoms with E-state index in [0.717, 1.165) is 11.4 Å². The van der Waals surface area contributed by atoms with Crippen molar-refractivity contribution in [2.45, 2.75) is 39.5 Å². The molecule has 0 saturated heterocycles. The molecule has 0 fully saturated rings. The van der Waals surface area contributed by atoms with Crippen molar-refractivity contribution in [3.8, 4) is 0 Å². The van der Waals surface area contributed by atoms with Crippen LogP contribution >= 0.6 is 0 Å². The van der Waals surface area contributed by atoms with Gasteiger partial charge in [-0.25, -0.2) is 9.78 Å². The molecule has 24 heavy (non-hydrogen) atoms. The van der Waals surface area contributed by atoms with Crippen molar-refractivity contribution in [1.82, 2.24) is 15.2 Å². The van der Waals surface area contributed by atoms with Crippen molar-refractivity contribution in [3.63, 3.8) is 0 Å². The van der Waals surface area contributed by atoms with Crippen LogP contribution in [0.2, 0.25) is 0 Å². The molecule has 2 aromatic rings. The van der Waals surface area contributed by atoms with Gasteiger partial charge in [-0.05, 0) is 36.1 Å². The molecule has 126 valence electrons. The number of benzene rings is 1. The molecule has 7 nitrogen and oxygen atoms in total. The molecule has 1 aromatic carbocycles. The van der Waals surface area contributed by atoms with Crippen molar-refractivity contribution < 1.29 is 14.7 Å². The quantitative estimate of drug-likeness (QED) is 0.874. The first-order chi connectivity index (χ1) is 11.3. The number of aromatic nitrogens is 3. The smallest absolute Gasteiger partial charge is 0.335 e. The highest BCUT2D eigenvalue weighted by atomic mass is 16.4. The summed E-state index contributed by atoms with van der Waals surface area (Å²) in [4.78, 5) is 27.5. The maximum absolute atomic E-state index is 12.3. The lowest BCUT2D eigenvalue weighted by Crippen LogP contribution is -2.19. The SMILES string of the molecule is CC(C)c1nnc(C(=O)Nc2ccc(C(=O)O)cc2)nc1C(C)C. The Kier molecular flexibility index (Phi) is 5.23. The van der Waals surface area contributed by atoms with Gasteiger partial charge < -0.3 is 10.4 Å². The second kappa shape index (κ2) is 7.16. The van der Waals surface area contributed by atoms with Gasteiger partial charge in [0, 0.05) is 5.69 Å². The van der Waals surface area contributed by atoms with Crippen molar-refractivity contribution in [3.05, 3.63) is 47.0 Å². The van der Waals surface area contributed by atoms with Crippen LogP contribution in [0.5, 0.6) is 0 Å². The molecule has 0 saturated carbocycles. The lowest BCUT2D eigenvalue weighted by atomic mass is 10.0. The highest BCUT2D eigenvalue weighted by molar-refractivity contribution is 6.01. The van der Waals surface area contributed by atoms with E-state index in [1.165, 1.54) is 24.3 Å². The van der Waals surface area contributed by atoms with Gasteiger partial charge in [0.2, 0.25) is 5.82 Å². The van der Waals surface area contributed by atoms with Crippen LogP contribution in [0.1, 0.15) is 71.9 Å². The van der Waals surface area contributed by atoms with Gasteiger partial charge in [-0.2, -0.15) is 5.10 Å². The van der Waals surface area contributed by atoms with Crippen LogP contribution in [0.3, 0.4) is 0 Å². The Morgan fingerprint density at radius 1 is 0.958 bits per heavy atom. The van der Waals surface area contributed by atoms with Crippen LogP contribution in [0.4, 0.5) is 5.69 Å². The number of nitrogens with one attached hydrogen (secondary N) is 1. The Hall–Kier alpha value is -2.83. The van der Waals surface area contributed by atoms with Crippen molar-refractivity contribution >= 4 is 17.6 Å². The molecule has 0 bridgehead atoms. The molecule has 0 unspecified atom stereocenters. The third-order valence-corrected chi connectivity index (χ3v) is 3.43.